The second-order valence-electron chi connectivity index (χ2n) is 6.55. The number of benzene rings is 2. The van der Waals surface area contributed by atoms with Gasteiger partial charge in [0.1, 0.15) is 10.6 Å². The number of rotatable bonds is 5. The van der Waals surface area contributed by atoms with Crippen LogP contribution in [0.15, 0.2) is 41.3 Å². The van der Waals surface area contributed by atoms with E-state index in [1.54, 1.807) is 25.3 Å². The third-order valence-corrected chi connectivity index (χ3v) is 7.53. The van der Waals surface area contributed by atoms with Crippen LogP contribution >= 0.6 is 23.2 Å². The molecule has 0 amide bonds. The molecule has 0 aliphatic carbocycles. The highest BCUT2D eigenvalue weighted by atomic mass is 35.5. The van der Waals surface area contributed by atoms with Gasteiger partial charge in [0, 0.05) is 38.3 Å². The quantitative estimate of drug-likeness (QED) is 0.725. The highest BCUT2D eigenvalue weighted by molar-refractivity contribution is 7.89. The summed E-state index contributed by atoms with van der Waals surface area (Å²) in [5.41, 5.74) is 2.27. The average molecular weight is 429 g/mol. The Morgan fingerprint density at radius 2 is 1.67 bits per heavy atom. The Kier molecular flexibility index (Phi) is 6.33. The van der Waals surface area contributed by atoms with Crippen molar-refractivity contribution in [1.29, 1.82) is 0 Å². The van der Waals surface area contributed by atoms with Crippen molar-refractivity contribution in [2.75, 3.05) is 33.3 Å². The number of piperazine rings is 1. The van der Waals surface area contributed by atoms with E-state index in [1.807, 2.05) is 19.1 Å². The summed E-state index contributed by atoms with van der Waals surface area (Å²) >= 11 is 12.2. The third kappa shape index (κ3) is 4.41. The Hall–Kier alpha value is -1.31. The molecule has 0 saturated carbocycles. The van der Waals surface area contributed by atoms with Crippen LogP contribution in [-0.2, 0) is 16.6 Å². The lowest BCUT2D eigenvalue weighted by molar-refractivity contribution is 0.180. The first kappa shape index (κ1) is 20.4. The maximum Gasteiger partial charge on any atom is 0.246 e. The molecule has 5 nitrogen and oxygen atoms in total. The zero-order valence-corrected chi connectivity index (χ0v) is 17.6. The van der Waals surface area contributed by atoms with Crippen LogP contribution in [-0.4, -0.2) is 50.9 Å². The van der Waals surface area contributed by atoms with Gasteiger partial charge in [-0.05, 0) is 25.1 Å². The average Bonchev–Trinajstić information content (AvgIpc) is 2.62. The Bertz CT molecular complexity index is 906. The first-order valence-electron chi connectivity index (χ1n) is 8.63. The van der Waals surface area contributed by atoms with Gasteiger partial charge in [-0.25, -0.2) is 8.42 Å². The van der Waals surface area contributed by atoms with E-state index < -0.39 is 10.0 Å². The Balaban J connectivity index is 1.71. The lowest BCUT2D eigenvalue weighted by Gasteiger charge is -2.34. The van der Waals surface area contributed by atoms with Crippen molar-refractivity contribution in [2.45, 2.75) is 18.4 Å². The molecule has 1 heterocycles. The van der Waals surface area contributed by atoms with Crippen molar-refractivity contribution in [3.05, 3.63) is 57.6 Å². The number of ether oxygens (including phenoxy) is 1. The largest absolute Gasteiger partial charge is 0.496 e. The Morgan fingerprint density at radius 3 is 2.26 bits per heavy atom. The zero-order valence-electron chi connectivity index (χ0n) is 15.3. The van der Waals surface area contributed by atoms with Gasteiger partial charge in [-0.1, -0.05) is 47.0 Å². The number of methoxy groups -OCH3 is 1. The lowest BCUT2D eigenvalue weighted by atomic mass is 10.1. The van der Waals surface area contributed by atoms with Gasteiger partial charge in [-0.3, -0.25) is 4.90 Å². The third-order valence-electron chi connectivity index (χ3n) is 4.68. The van der Waals surface area contributed by atoms with E-state index in [1.165, 1.54) is 9.87 Å². The molecule has 1 aliphatic heterocycles. The van der Waals surface area contributed by atoms with Crippen molar-refractivity contribution >= 4 is 33.2 Å². The topological polar surface area (TPSA) is 49.9 Å². The molecule has 2 aromatic carbocycles. The number of nitrogens with zero attached hydrogens (tertiary/aromatic N) is 2. The van der Waals surface area contributed by atoms with Crippen LogP contribution in [0.5, 0.6) is 5.75 Å². The first-order valence-corrected chi connectivity index (χ1v) is 10.8. The van der Waals surface area contributed by atoms with Gasteiger partial charge < -0.3 is 4.74 Å². The van der Waals surface area contributed by atoms with Gasteiger partial charge in [0.15, 0.2) is 0 Å². The number of aryl methyl sites for hydroxylation is 1. The molecule has 0 aromatic heterocycles. The molecule has 0 bridgehead atoms. The molecule has 0 atom stereocenters. The monoisotopic (exact) mass is 428 g/mol. The van der Waals surface area contributed by atoms with E-state index >= 15 is 0 Å². The van der Waals surface area contributed by atoms with E-state index in [0.29, 0.717) is 32.7 Å². The van der Waals surface area contributed by atoms with Crippen LogP contribution in [0.2, 0.25) is 10.0 Å². The summed E-state index contributed by atoms with van der Waals surface area (Å²) in [7, 11) is -2.06. The normalized spacial score (nSPS) is 16.4. The fourth-order valence-electron chi connectivity index (χ4n) is 3.26. The second-order valence-corrected chi connectivity index (χ2v) is 9.24. The standard InChI is InChI=1S/C19H22Cl2N2O3S/c1-14-6-7-18(26-2)15(12-14)13-22-8-10-23(11-9-22)27(24,25)19-16(20)4-3-5-17(19)21/h3-7,12H,8-11,13H2,1-2H3. The van der Waals surface area contributed by atoms with Crippen LogP contribution in [0.4, 0.5) is 0 Å². The van der Waals surface area contributed by atoms with Crippen LogP contribution in [0.1, 0.15) is 11.1 Å². The minimum atomic E-state index is -3.72. The molecule has 0 unspecified atom stereocenters. The highest BCUT2D eigenvalue weighted by Gasteiger charge is 2.32. The second kappa shape index (κ2) is 8.37. The van der Waals surface area contributed by atoms with E-state index in [9.17, 15) is 8.42 Å². The van der Waals surface area contributed by atoms with Crippen molar-refractivity contribution in [3.63, 3.8) is 0 Å². The summed E-state index contributed by atoms with van der Waals surface area (Å²) < 4.78 is 32.8. The van der Waals surface area contributed by atoms with Crippen LogP contribution in [0.3, 0.4) is 0 Å². The molecule has 0 radical (unpaired) electrons. The summed E-state index contributed by atoms with van der Waals surface area (Å²) in [6, 6.07) is 10.8. The van der Waals surface area contributed by atoms with Gasteiger partial charge in [0.2, 0.25) is 10.0 Å². The van der Waals surface area contributed by atoms with Gasteiger partial charge in [-0.2, -0.15) is 4.31 Å². The summed E-state index contributed by atoms with van der Waals surface area (Å²) in [5.74, 6) is 0.846. The summed E-state index contributed by atoms with van der Waals surface area (Å²) in [5, 5.41) is 0.295. The van der Waals surface area contributed by atoms with Gasteiger partial charge in [0.05, 0.1) is 17.2 Å². The summed E-state index contributed by atoms with van der Waals surface area (Å²) in [6.07, 6.45) is 0. The lowest BCUT2D eigenvalue weighted by Crippen LogP contribution is -2.48. The van der Waals surface area contributed by atoms with Crippen LogP contribution in [0.25, 0.3) is 0 Å². The molecule has 0 spiro atoms. The smallest absolute Gasteiger partial charge is 0.246 e. The van der Waals surface area contributed by atoms with Gasteiger partial charge >= 0.3 is 0 Å². The molecule has 0 N–H and O–H groups in total. The van der Waals surface area contributed by atoms with E-state index in [-0.39, 0.29) is 14.9 Å². The molecule has 2 aromatic rings. The van der Waals surface area contributed by atoms with Crippen LogP contribution < -0.4 is 4.74 Å². The molecule has 1 aliphatic rings. The maximum atomic E-state index is 13.0. The molecule has 146 valence electrons. The van der Waals surface area contributed by atoms with E-state index in [4.69, 9.17) is 27.9 Å². The number of halogens is 2. The van der Waals surface area contributed by atoms with Crippen molar-refractivity contribution < 1.29 is 13.2 Å². The molecule has 8 heteroatoms. The molecule has 3 rings (SSSR count). The maximum absolute atomic E-state index is 13.0. The molecule has 1 fully saturated rings. The Morgan fingerprint density at radius 1 is 1.04 bits per heavy atom. The predicted molar refractivity (Wildman–Crippen MR) is 108 cm³/mol. The molecular formula is C19H22Cl2N2O3S. The number of sulfonamides is 1. The fourth-order valence-corrected chi connectivity index (χ4v) is 5.77. The van der Waals surface area contributed by atoms with Crippen LogP contribution in [0, 0.1) is 6.92 Å². The van der Waals surface area contributed by atoms with Crippen molar-refractivity contribution in [1.82, 2.24) is 9.21 Å². The molecule has 27 heavy (non-hydrogen) atoms. The highest BCUT2D eigenvalue weighted by Crippen LogP contribution is 2.32. The minimum absolute atomic E-state index is 0.0119. The number of hydrogen-bond donors (Lipinski definition) is 0. The van der Waals surface area contributed by atoms with E-state index in [0.717, 1.165) is 11.3 Å². The Labute approximate surface area is 170 Å². The fraction of sp³-hybridized carbons (Fsp3) is 0.368. The van der Waals surface area contributed by atoms with E-state index in [2.05, 4.69) is 11.0 Å². The van der Waals surface area contributed by atoms with Crippen molar-refractivity contribution in [3.8, 4) is 5.75 Å². The zero-order chi connectivity index (χ0) is 19.6. The van der Waals surface area contributed by atoms with Gasteiger partial charge in [-0.15, -0.1) is 0 Å². The molecule has 1 saturated heterocycles. The minimum Gasteiger partial charge on any atom is -0.496 e. The predicted octanol–water partition coefficient (Wildman–Crippen LogP) is 3.82. The molecular weight excluding hydrogens is 407 g/mol. The summed E-state index contributed by atoms with van der Waals surface area (Å²) in [4.78, 5) is 2.21. The van der Waals surface area contributed by atoms with Gasteiger partial charge in [0.25, 0.3) is 0 Å². The first-order chi connectivity index (χ1) is 12.8. The SMILES string of the molecule is COc1ccc(C)cc1CN1CCN(S(=O)(=O)c2c(Cl)cccc2Cl)CC1. The van der Waals surface area contributed by atoms with Crippen molar-refractivity contribution in [2.24, 2.45) is 0 Å². The summed E-state index contributed by atoms with van der Waals surface area (Å²) in [6.45, 7) is 4.78. The number of hydrogen-bond acceptors (Lipinski definition) is 4.